The third kappa shape index (κ3) is 6.04. The molecule has 0 saturated carbocycles. The quantitative estimate of drug-likeness (QED) is 0.184. The maximum Gasteiger partial charge on any atom is 0.355 e. The number of nitrogens with zero attached hydrogens (tertiary/aromatic N) is 2. The summed E-state index contributed by atoms with van der Waals surface area (Å²) in [5, 5.41) is 2.14. The predicted octanol–water partition coefficient (Wildman–Crippen LogP) is 0.530. The first-order chi connectivity index (χ1) is 16.7. The highest BCUT2D eigenvalue weighted by Gasteiger charge is 2.53. The van der Waals surface area contributed by atoms with E-state index in [1.165, 1.54) is 16.7 Å². The zero-order valence-electron chi connectivity index (χ0n) is 20.1. The number of carbonyl (C=O) groups excluding carboxylic acids is 4. The molecule has 0 bridgehead atoms. The largest absolute Gasteiger partial charge is 0.497 e. The fourth-order valence-electron chi connectivity index (χ4n) is 3.92. The SMILES string of the molecule is CC[N+](C)(C/C=C/C1=C(C(=O)OCc2ccc(OC)cc2)N2C(=O)[C@@H](NC=O)[C@H]2SC1)CC(N)=O. The molecule has 1 unspecified atom stereocenters. The Bertz CT molecular complexity index is 1040. The van der Waals surface area contributed by atoms with Crippen molar-refractivity contribution in [1.29, 1.82) is 0 Å². The number of nitrogens with one attached hydrogen (secondary N) is 1. The molecule has 3 amide bonds. The number of nitrogens with two attached hydrogens (primary N) is 1. The smallest absolute Gasteiger partial charge is 0.355 e. The average molecular weight is 504 g/mol. The summed E-state index contributed by atoms with van der Waals surface area (Å²) in [6, 6.07) is 6.45. The van der Waals surface area contributed by atoms with Crippen LogP contribution in [0.15, 0.2) is 47.7 Å². The first-order valence-electron chi connectivity index (χ1n) is 11.2. The van der Waals surface area contributed by atoms with Crippen LogP contribution in [0.4, 0.5) is 0 Å². The molecule has 3 N–H and O–H groups in total. The average Bonchev–Trinajstić information content (AvgIpc) is 2.85. The minimum Gasteiger partial charge on any atom is -0.497 e. The van der Waals surface area contributed by atoms with Crippen LogP contribution in [0, 0.1) is 0 Å². The van der Waals surface area contributed by atoms with Gasteiger partial charge in [-0.25, -0.2) is 4.79 Å². The predicted molar refractivity (Wildman–Crippen MR) is 131 cm³/mol. The molecule has 10 nitrogen and oxygen atoms in total. The standard InChI is InChI=1S/C24H30N4O6S/c1-4-28(2,12-19(25)30)11-5-6-17-14-35-23-20(26-15-29)22(31)27(23)21(17)24(32)34-13-16-7-9-18(33-3)10-8-16/h5-10,15,20,23H,4,11-14H2,1-3H3,(H2-,25,26,29,30)/p+1/b6-5+/t20-,23-,28?/m1/s1. The monoisotopic (exact) mass is 503 g/mol. The van der Waals surface area contributed by atoms with Gasteiger partial charge < -0.3 is 25.0 Å². The van der Waals surface area contributed by atoms with E-state index in [0.717, 1.165) is 5.56 Å². The third-order valence-electron chi connectivity index (χ3n) is 6.13. The van der Waals surface area contributed by atoms with E-state index in [1.807, 2.05) is 20.0 Å². The molecular weight excluding hydrogens is 472 g/mol. The molecule has 0 radical (unpaired) electrons. The molecule has 1 saturated heterocycles. The van der Waals surface area contributed by atoms with Gasteiger partial charge in [0.2, 0.25) is 6.41 Å². The first kappa shape index (κ1) is 26.3. The molecule has 1 aromatic rings. The van der Waals surface area contributed by atoms with E-state index in [-0.39, 0.29) is 36.0 Å². The molecule has 11 heteroatoms. The number of quaternary nitrogens is 1. The number of amides is 3. The third-order valence-corrected chi connectivity index (χ3v) is 7.44. The maximum absolute atomic E-state index is 13.2. The number of likely N-dealkylation sites (N-methyl/N-ethyl adjacent to an activating group) is 1. The number of fused-ring (bicyclic) bond motifs is 1. The highest BCUT2D eigenvalue weighted by atomic mass is 32.2. The Hall–Kier alpha value is -3.31. The number of primary amides is 1. The molecule has 1 fully saturated rings. The first-order valence-corrected chi connectivity index (χ1v) is 12.2. The lowest BCUT2D eigenvalue weighted by molar-refractivity contribution is -0.894. The normalized spacial score (nSPS) is 21.1. The Morgan fingerprint density at radius 1 is 1.31 bits per heavy atom. The Kier molecular flexibility index (Phi) is 8.57. The molecule has 35 heavy (non-hydrogen) atoms. The fourth-order valence-corrected chi connectivity index (χ4v) is 5.25. The summed E-state index contributed by atoms with van der Waals surface area (Å²) in [5.74, 6) is -0.217. The molecule has 0 aliphatic carbocycles. The summed E-state index contributed by atoms with van der Waals surface area (Å²) >= 11 is 1.46. The Morgan fingerprint density at radius 2 is 2.03 bits per heavy atom. The van der Waals surface area contributed by atoms with Crippen LogP contribution in [0.1, 0.15) is 12.5 Å². The molecule has 3 rings (SSSR count). The number of thioether (sulfide) groups is 1. The van der Waals surface area contributed by atoms with Crippen LogP contribution < -0.4 is 15.8 Å². The number of benzene rings is 1. The van der Waals surface area contributed by atoms with E-state index >= 15 is 0 Å². The zero-order valence-corrected chi connectivity index (χ0v) is 20.9. The Morgan fingerprint density at radius 3 is 2.63 bits per heavy atom. The van der Waals surface area contributed by atoms with Gasteiger partial charge in [-0.05, 0) is 36.3 Å². The molecule has 2 heterocycles. The van der Waals surface area contributed by atoms with Gasteiger partial charge >= 0.3 is 5.97 Å². The van der Waals surface area contributed by atoms with Gasteiger partial charge in [0.25, 0.3) is 11.8 Å². The van der Waals surface area contributed by atoms with Crippen LogP contribution in [0.3, 0.4) is 0 Å². The van der Waals surface area contributed by atoms with Crippen LogP contribution in [0.25, 0.3) is 0 Å². The zero-order chi connectivity index (χ0) is 25.6. The fraction of sp³-hybridized carbons (Fsp3) is 0.417. The van der Waals surface area contributed by atoms with Crippen LogP contribution >= 0.6 is 11.8 Å². The molecular formula is C24H31N4O6S+. The number of carbonyl (C=O) groups is 4. The van der Waals surface area contributed by atoms with E-state index < -0.39 is 12.0 Å². The number of β-lactam (4-membered cyclic amide) rings is 1. The van der Waals surface area contributed by atoms with Gasteiger partial charge in [0.15, 0.2) is 6.54 Å². The van der Waals surface area contributed by atoms with Gasteiger partial charge in [-0.1, -0.05) is 18.2 Å². The number of allylic oxidation sites excluding steroid dienone is 1. The molecule has 2 aliphatic heterocycles. The number of hydrogen-bond acceptors (Lipinski definition) is 7. The summed E-state index contributed by atoms with van der Waals surface area (Å²) in [5.41, 5.74) is 6.98. The van der Waals surface area contributed by atoms with Crippen molar-refractivity contribution in [3.63, 3.8) is 0 Å². The van der Waals surface area contributed by atoms with E-state index in [4.69, 9.17) is 15.2 Å². The van der Waals surface area contributed by atoms with E-state index in [1.54, 1.807) is 37.5 Å². The number of rotatable bonds is 12. The van der Waals surface area contributed by atoms with Gasteiger partial charge in [-0.2, -0.15) is 0 Å². The lowest BCUT2D eigenvalue weighted by atomic mass is 10.0. The summed E-state index contributed by atoms with van der Waals surface area (Å²) in [6.07, 6.45) is 4.17. The Balaban J connectivity index is 1.82. The minimum atomic E-state index is -0.678. The van der Waals surface area contributed by atoms with Crippen molar-refractivity contribution in [3.8, 4) is 5.75 Å². The van der Waals surface area contributed by atoms with Crippen LogP contribution in [-0.4, -0.2) is 84.5 Å². The van der Waals surface area contributed by atoms with Gasteiger partial charge in [0, 0.05) is 5.75 Å². The minimum absolute atomic E-state index is 0.0303. The van der Waals surface area contributed by atoms with Crippen molar-refractivity contribution in [3.05, 3.63) is 53.3 Å². The summed E-state index contributed by atoms with van der Waals surface area (Å²) < 4.78 is 11.1. The van der Waals surface area contributed by atoms with Crippen molar-refractivity contribution < 1.29 is 33.1 Å². The number of ether oxygens (including phenoxy) is 2. The van der Waals surface area contributed by atoms with Crippen molar-refractivity contribution >= 4 is 36.0 Å². The number of esters is 1. The van der Waals surface area contributed by atoms with Crippen LogP contribution in [-0.2, 0) is 30.5 Å². The maximum atomic E-state index is 13.2. The summed E-state index contributed by atoms with van der Waals surface area (Å²) in [7, 11) is 3.49. The lowest BCUT2D eigenvalue weighted by Crippen LogP contribution is -2.69. The highest BCUT2D eigenvalue weighted by Crippen LogP contribution is 2.41. The second kappa shape index (κ2) is 11.4. The highest BCUT2D eigenvalue weighted by molar-refractivity contribution is 8.00. The van der Waals surface area contributed by atoms with Crippen molar-refractivity contribution in [2.75, 3.05) is 39.5 Å². The van der Waals surface area contributed by atoms with Crippen molar-refractivity contribution in [2.24, 2.45) is 5.73 Å². The van der Waals surface area contributed by atoms with Crippen LogP contribution in [0.2, 0.25) is 0 Å². The Labute approximate surface area is 208 Å². The molecule has 3 atom stereocenters. The van der Waals surface area contributed by atoms with Gasteiger partial charge in [-0.3, -0.25) is 19.3 Å². The topological polar surface area (TPSA) is 128 Å². The van der Waals surface area contributed by atoms with E-state index in [9.17, 15) is 19.2 Å². The van der Waals surface area contributed by atoms with Crippen molar-refractivity contribution in [2.45, 2.75) is 24.9 Å². The number of hydrogen-bond donors (Lipinski definition) is 2. The molecule has 1 aromatic carbocycles. The second-order valence-electron chi connectivity index (χ2n) is 8.62. The number of methoxy groups -OCH3 is 1. The van der Waals surface area contributed by atoms with E-state index in [2.05, 4.69) is 5.32 Å². The molecule has 0 spiro atoms. The second-order valence-corrected chi connectivity index (χ2v) is 9.72. The lowest BCUT2D eigenvalue weighted by Gasteiger charge is -2.49. The van der Waals surface area contributed by atoms with Crippen LogP contribution in [0.5, 0.6) is 5.75 Å². The van der Waals surface area contributed by atoms with Crippen molar-refractivity contribution in [1.82, 2.24) is 10.2 Å². The summed E-state index contributed by atoms with van der Waals surface area (Å²) in [6.45, 7) is 3.41. The van der Waals surface area contributed by atoms with Gasteiger partial charge in [0.05, 0.1) is 27.2 Å². The van der Waals surface area contributed by atoms with E-state index in [0.29, 0.717) is 41.1 Å². The molecule has 2 aliphatic rings. The molecule has 188 valence electrons. The van der Waals surface area contributed by atoms with Gasteiger partial charge in [0.1, 0.15) is 29.5 Å². The van der Waals surface area contributed by atoms with Gasteiger partial charge in [-0.15, -0.1) is 11.8 Å². The summed E-state index contributed by atoms with van der Waals surface area (Å²) in [4.78, 5) is 49.7. The molecule has 0 aromatic heterocycles.